The van der Waals surface area contributed by atoms with Gasteiger partial charge in [-0.15, -0.1) is 0 Å². The van der Waals surface area contributed by atoms with Crippen LogP contribution in [0.2, 0.25) is 5.02 Å². The quantitative estimate of drug-likeness (QED) is 0.319. The van der Waals surface area contributed by atoms with Crippen molar-refractivity contribution in [2.24, 2.45) is 0 Å². The minimum absolute atomic E-state index is 0.0975. The monoisotopic (exact) mass is 521 g/mol. The van der Waals surface area contributed by atoms with Crippen molar-refractivity contribution in [2.75, 3.05) is 4.72 Å². The van der Waals surface area contributed by atoms with Crippen LogP contribution in [0.1, 0.15) is 22.0 Å². The highest BCUT2D eigenvalue weighted by atomic mass is 35.5. The molecule has 0 bridgehead atoms. The van der Waals surface area contributed by atoms with Crippen molar-refractivity contribution in [3.8, 4) is 5.88 Å². The summed E-state index contributed by atoms with van der Waals surface area (Å²) in [5.74, 6) is -1.25. The molecule has 0 radical (unpaired) electrons. The summed E-state index contributed by atoms with van der Waals surface area (Å²) >= 11 is 6.00. The Labute approximate surface area is 202 Å². The van der Waals surface area contributed by atoms with Crippen molar-refractivity contribution >= 4 is 44.8 Å². The molecule has 0 aliphatic rings. The molecule has 1 unspecified atom stereocenters. The lowest BCUT2D eigenvalue weighted by atomic mass is 10.1. The molecule has 0 aliphatic carbocycles. The summed E-state index contributed by atoms with van der Waals surface area (Å²) in [5, 5.41) is -0.0975. The summed E-state index contributed by atoms with van der Waals surface area (Å²) in [6.45, 7) is 0. The first-order valence-corrected chi connectivity index (χ1v) is 11.8. The number of fused-ring (bicyclic) bond motifs is 1. The summed E-state index contributed by atoms with van der Waals surface area (Å²) in [4.78, 5) is 18.8. The smallest absolute Gasteiger partial charge is 0.429 e. The number of aldehydes is 1. The molecule has 0 saturated carbocycles. The third kappa shape index (κ3) is 5.36. The van der Waals surface area contributed by atoms with Crippen LogP contribution in [0.5, 0.6) is 5.88 Å². The number of nitrogens with zero attached hydrogens (tertiary/aromatic N) is 2. The van der Waals surface area contributed by atoms with Gasteiger partial charge in [0.05, 0.1) is 16.1 Å². The number of nitrogens with one attached hydrogen (secondary N) is 1. The number of rotatable bonds is 7. The summed E-state index contributed by atoms with van der Waals surface area (Å²) in [6.07, 6.45) is -6.94. The molecule has 0 spiro atoms. The fourth-order valence-electron chi connectivity index (χ4n) is 3.16. The molecule has 4 rings (SSSR count). The number of ether oxygens (including phenoxy) is 1. The molecule has 1 aromatic heterocycles. The van der Waals surface area contributed by atoms with Crippen LogP contribution in [-0.2, 0) is 10.0 Å². The normalized spacial score (nSPS) is 12.8. The minimum Gasteiger partial charge on any atom is -0.457 e. The Hall–Kier alpha value is -3.70. The van der Waals surface area contributed by atoms with Gasteiger partial charge in [0.15, 0.2) is 0 Å². The first kappa shape index (κ1) is 24.4. The fraction of sp³-hybridized carbons (Fsp3) is 0.0870. The van der Waals surface area contributed by atoms with Gasteiger partial charge >= 0.3 is 6.18 Å². The zero-order valence-electron chi connectivity index (χ0n) is 17.5. The molecule has 0 saturated heterocycles. The number of anilines is 1. The highest BCUT2D eigenvalue weighted by molar-refractivity contribution is 7.92. The van der Waals surface area contributed by atoms with Gasteiger partial charge in [-0.25, -0.2) is 18.4 Å². The van der Waals surface area contributed by atoms with Crippen LogP contribution in [0.25, 0.3) is 11.0 Å². The standard InChI is InChI=1S/C23H15ClF3N3O4S/c24-16-5-1-4-8-19(16)35(32,33)30-21-22(29-18-7-3-2-6-17(18)28-21)34-20(23(25,26)27)15-11-9-14(13-31)10-12-15/h1-13,20H,(H,28,30). The van der Waals surface area contributed by atoms with Gasteiger partial charge in [-0.2, -0.15) is 13.2 Å². The number of carbonyl (C=O) groups is 1. The van der Waals surface area contributed by atoms with Crippen molar-refractivity contribution in [3.63, 3.8) is 0 Å². The van der Waals surface area contributed by atoms with Crippen LogP contribution >= 0.6 is 11.6 Å². The molecule has 12 heteroatoms. The molecule has 35 heavy (non-hydrogen) atoms. The number of sulfonamides is 1. The molecular formula is C23H15ClF3N3O4S. The van der Waals surface area contributed by atoms with E-state index in [0.717, 1.165) is 12.1 Å². The third-order valence-electron chi connectivity index (χ3n) is 4.80. The van der Waals surface area contributed by atoms with Crippen LogP contribution in [-0.4, -0.2) is 30.8 Å². The molecular weight excluding hydrogens is 507 g/mol. The SMILES string of the molecule is O=Cc1ccc(C(Oc2nc3ccccc3nc2NS(=O)(=O)c2ccccc2Cl)C(F)(F)F)cc1. The fourth-order valence-corrected chi connectivity index (χ4v) is 4.68. The molecule has 7 nitrogen and oxygen atoms in total. The first-order valence-electron chi connectivity index (χ1n) is 9.91. The summed E-state index contributed by atoms with van der Waals surface area (Å²) < 4.78 is 75.2. The summed E-state index contributed by atoms with van der Waals surface area (Å²) in [5.41, 5.74) is 0.252. The second-order valence-corrected chi connectivity index (χ2v) is 9.28. The topological polar surface area (TPSA) is 98.2 Å². The van der Waals surface area contributed by atoms with Gasteiger partial charge in [0.2, 0.25) is 11.9 Å². The zero-order chi connectivity index (χ0) is 25.2. The number of aromatic nitrogens is 2. The third-order valence-corrected chi connectivity index (χ3v) is 6.64. The van der Waals surface area contributed by atoms with E-state index in [2.05, 4.69) is 14.7 Å². The van der Waals surface area contributed by atoms with Crippen molar-refractivity contribution in [3.05, 3.63) is 88.9 Å². The lowest BCUT2D eigenvalue weighted by molar-refractivity contribution is -0.198. The Morgan fingerprint density at radius 2 is 1.51 bits per heavy atom. The van der Waals surface area contributed by atoms with Crippen LogP contribution in [0.4, 0.5) is 19.0 Å². The maximum atomic E-state index is 14.0. The van der Waals surface area contributed by atoms with Gasteiger partial charge in [-0.05, 0) is 24.3 Å². The summed E-state index contributed by atoms with van der Waals surface area (Å²) in [7, 11) is -4.36. The molecule has 3 aromatic carbocycles. The largest absolute Gasteiger partial charge is 0.457 e. The van der Waals surface area contributed by atoms with E-state index in [1.54, 1.807) is 12.1 Å². The van der Waals surface area contributed by atoms with Crippen LogP contribution in [0, 0.1) is 0 Å². The van der Waals surface area contributed by atoms with Crippen LogP contribution < -0.4 is 9.46 Å². The number of para-hydroxylation sites is 2. The molecule has 180 valence electrons. The van der Waals surface area contributed by atoms with Gasteiger partial charge in [0, 0.05) is 11.1 Å². The molecule has 1 N–H and O–H groups in total. The Balaban J connectivity index is 1.81. The molecule has 1 heterocycles. The first-order chi connectivity index (χ1) is 16.6. The van der Waals surface area contributed by atoms with Crippen molar-refractivity contribution in [2.45, 2.75) is 17.2 Å². The van der Waals surface area contributed by atoms with E-state index in [4.69, 9.17) is 16.3 Å². The van der Waals surface area contributed by atoms with Crippen LogP contribution in [0.15, 0.2) is 77.7 Å². The second-order valence-electron chi connectivity index (χ2n) is 7.23. The minimum atomic E-state index is -4.91. The predicted octanol–water partition coefficient (Wildman–Crippen LogP) is 5.58. The van der Waals surface area contributed by atoms with E-state index >= 15 is 0 Å². The molecule has 4 aromatic rings. The average molecular weight is 522 g/mol. The maximum Gasteiger partial charge on any atom is 0.429 e. The highest BCUT2D eigenvalue weighted by Gasteiger charge is 2.44. The Morgan fingerprint density at radius 1 is 0.914 bits per heavy atom. The highest BCUT2D eigenvalue weighted by Crippen LogP contribution is 2.39. The molecule has 0 fully saturated rings. The molecule has 1 atom stereocenters. The second kappa shape index (κ2) is 9.51. The molecule has 0 amide bonds. The number of hydrogen-bond acceptors (Lipinski definition) is 6. The van der Waals surface area contributed by atoms with E-state index in [0.29, 0.717) is 6.29 Å². The number of halogens is 4. The van der Waals surface area contributed by atoms with Gasteiger partial charge in [-0.1, -0.05) is 60.1 Å². The number of benzene rings is 3. The lowest BCUT2D eigenvalue weighted by Crippen LogP contribution is -2.27. The van der Waals surface area contributed by atoms with Crippen molar-refractivity contribution in [1.29, 1.82) is 0 Å². The van der Waals surface area contributed by atoms with Gasteiger partial charge in [0.25, 0.3) is 15.9 Å². The van der Waals surface area contributed by atoms with Crippen molar-refractivity contribution in [1.82, 2.24) is 9.97 Å². The Kier molecular flexibility index (Phi) is 6.64. The predicted molar refractivity (Wildman–Crippen MR) is 123 cm³/mol. The number of alkyl halides is 3. The van der Waals surface area contributed by atoms with Crippen molar-refractivity contribution < 1.29 is 31.1 Å². The van der Waals surface area contributed by atoms with Gasteiger partial charge in [-0.3, -0.25) is 9.52 Å². The van der Waals surface area contributed by atoms with E-state index < -0.39 is 34.0 Å². The van der Waals surface area contributed by atoms with Crippen LogP contribution in [0.3, 0.4) is 0 Å². The zero-order valence-corrected chi connectivity index (χ0v) is 19.1. The van der Waals surface area contributed by atoms with E-state index in [9.17, 15) is 26.4 Å². The summed E-state index contributed by atoms with van der Waals surface area (Å²) in [6, 6.07) is 16.3. The maximum absolute atomic E-state index is 14.0. The van der Waals surface area contributed by atoms with E-state index in [1.165, 1.54) is 48.5 Å². The molecule has 0 aliphatic heterocycles. The van der Waals surface area contributed by atoms with Gasteiger partial charge in [0.1, 0.15) is 11.2 Å². The van der Waals surface area contributed by atoms with Gasteiger partial charge < -0.3 is 4.74 Å². The average Bonchev–Trinajstić information content (AvgIpc) is 2.82. The Morgan fingerprint density at radius 3 is 2.11 bits per heavy atom. The number of carbonyl (C=O) groups excluding carboxylic acids is 1. The van der Waals surface area contributed by atoms with E-state index in [-0.39, 0.29) is 32.1 Å². The number of hydrogen-bond donors (Lipinski definition) is 1. The van der Waals surface area contributed by atoms with E-state index in [1.807, 2.05) is 0 Å². The lowest BCUT2D eigenvalue weighted by Gasteiger charge is -2.23. The Bertz CT molecular complexity index is 1500.